The molecular weight excluding hydrogens is 364 g/mol. The van der Waals surface area contributed by atoms with E-state index >= 15 is 0 Å². The van der Waals surface area contributed by atoms with E-state index in [0.29, 0.717) is 12.4 Å². The number of hydrogen-bond acceptors (Lipinski definition) is 4. The Kier molecular flexibility index (Phi) is 7.86. The van der Waals surface area contributed by atoms with Crippen molar-refractivity contribution >= 4 is 15.9 Å². The van der Waals surface area contributed by atoms with E-state index in [1.54, 1.807) is 12.1 Å². The summed E-state index contributed by atoms with van der Waals surface area (Å²) in [7, 11) is -3.66. The van der Waals surface area contributed by atoms with Gasteiger partial charge in [-0.15, -0.1) is 0 Å². The van der Waals surface area contributed by atoms with Crippen LogP contribution in [0.3, 0.4) is 0 Å². The van der Waals surface area contributed by atoms with Gasteiger partial charge in [-0.05, 0) is 43.3 Å². The van der Waals surface area contributed by atoms with Crippen LogP contribution in [0.15, 0.2) is 59.5 Å². The molecule has 2 rings (SSSR count). The fourth-order valence-corrected chi connectivity index (χ4v) is 3.19. The van der Waals surface area contributed by atoms with Crippen molar-refractivity contribution in [2.45, 2.75) is 18.2 Å². The average molecular weight is 386 g/mol. The number of hydrogen-bond donors (Lipinski definition) is 2. The standard InChI is InChI=1S/C20H22N2O4S/c1-2-26-18-10-12-19(13-11-18)27(24,25)22-16-14-20(23)21-15-6-9-17-7-4-3-5-8-17/h3-5,7-8,10-13,22H,2,14-16H2,1H3,(H,21,23). The van der Waals surface area contributed by atoms with E-state index in [4.69, 9.17) is 4.74 Å². The van der Waals surface area contributed by atoms with Crippen molar-refractivity contribution in [1.82, 2.24) is 10.0 Å². The van der Waals surface area contributed by atoms with Crippen LogP contribution < -0.4 is 14.8 Å². The van der Waals surface area contributed by atoms with Gasteiger partial charge in [0.1, 0.15) is 5.75 Å². The van der Waals surface area contributed by atoms with Crippen LogP contribution in [0.1, 0.15) is 18.9 Å². The predicted molar refractivity (Wildman–Crippen MR) is 104 cm³/mol. The molecule has 0 aliphatic rings. The Hall–Kier alpha value is -2.82. The van der Waals surface area contributed by atoms with E-state index in [1.807, 2.05) is 37.3 Å². The molecule has 0 heterocycles. The SMILES string of the molecule is CCOc1ccc(S(=O)(=O)NCCC(=O)NCC#Cc2ccccc2)cc1. The van der Waals surface area contributed by atoms with Crippen LogP contribution in [0, 0.1) is 11.8 Å². The Labute approximate surface area is 160 Å². The van der Waals surface area contributed by atoms with E-state index in [-0.39, 0.29) is 30.3 Å². The van der Waals surface area contributed by atoms with Crippen molar-refractivity contribution < 1.29 is 17.9 Å². The van der Waals surface area contributed by atoms with Crippen LogP contribution in [-0.4, -0.2) is 34.0 Å². The second-order valence-corrected chi connectivity index (χ2v) is 7.26. The maximum Gasteiger partial charge on any atom is 0.240 e. The molecule has 6 nitrogen and oxygen atoms in total. The summed E-state index contributed by atoms with van der Waals surface area (Å²) < 4.78 is 32.1. The number of rotatable bonds is 8. The highest BCUT2D eigenvalue weighted by atomic mass is 32.2. The lowest BCUT2D eigenvalue weighted by molar-refractivity contribution is -0.120. The van der Waals surface area contributed by atoms with Crippen LogP contribution in [0.4, 0.5) is 0 Å². The summed E-state index contributed by atoms with van der Waals surface area (Å²) in [5, 5.41) is 2.64. The largest absolute Gasteiger partial charge is 0.494 e. The number of carbonyl (C=O) groups excluding carboxylic acids is 1. The first-order chi connectivity index (χ1) is 13.0. The van der Waals surface area contributed by atoms with Gasteiger partial charge in [-0.2, -0.15) is 0 Å². The number of carbonyl (C=O) groups is 1. The van der Waals surface area contributed by atoms with Gasteiger partial charge < -0.3 is 10.1 Å². The molecule has 0 atom stereocenters. The van der Waals surface area contributed by atoms with Gasteiger partial charge >= 0.3 is 0 Å². The molecule has 7 heteroatoms. The van der Waals surface area contributed by atoms with Crippen LogP contribution in [0.2, 0.25) is 0 Å². The Morgan fingerprint density at radius 3 is 2.44 bits per heavy atom. The summed E-state index contributed by atoms with van der Waals surface area (Å²) in [6.45, 7) is 2.58. The summed E-state index contributed by atoms with van der Waals surface area (Å²) in [5.74, 6) is 6.11. The monoisotopic (exact) mass is 386 g/mol. The van der Waals surface area contributed by atoms with Crippen molar-refractivity contribution in [3.05, 3.63) is 60.2 Å². The molecule has 0 saturated carbocycles. The van der Waals surface area contributed by atoms with Crippen molar-refractivity contribution in [3.8, 4) is 17.6 Å². The minimum absolute atomic E-state index is 0.00743. The van der Waals surface area contributed by atoms with Crippen molar-refractivity contribution in [2.75, 3.05) is 19.7 Å². The highest BCUT2D eigenvalue weighted by Crippen LogP contribution is 2.15. The lowest BCUT2D eigenvalue weighted by atomic mass is 10.2. The molecule has 2 aromatic carbocycles. The normalized spacial score (nSPS) is 10.6. The second-order valence-electron chi connectivity index (χ2n) is 5.50. The maximum absolute atomic E-state index is 12.2. The maximum atomic E-state index is 12.2. The van der Waals surface area contributed by atoms with E-state index < -0.39 is 10.0 Å². The third kappa shape index (κ3) is 7.13. The van der Waals surface area contributed by atoms with Crippen LogP contribution in [0.25, 0.3) is 0 Å². The summed E-state index contributed by atoms with van der Waals surface area (Å²) in [4.78, 5) is 11.9. The lowest BCUT2D eigenvalue weighted by Gasteiger charge is -2.08. The van der Waals surface area contributed by atoms with Gasteiger partial charge in [0.15, 0.2) is 0 Å². The molecule has 0 bridgehead atoms. The summed E-state index contributed by atoms with van der Waals surface area (Å²) in [5.41, 5.74) is 0.870. The predicted octanol–water partition coefficient (Wildman–Crippen LogP) is 1.92. The fraction of sp³-hybridized carbons (Fsp3) is 0.250. The molecule has 2 aromatic rings. The van der Waals surface area contributed by atoms with Crippen molar-refractivity contribution in [3.63, 3.8) is 0 Å². The zero-order valence-electron chi connectivity index (χ0n) is 15.1. The van der Waals surface area contributed by atoms with Gasteiger partial charge in [0.2, 0.25) is 15.9 Å². The first-order valence-corrected chi connectivity index (χ1v) is 10.0. The first-order valence-electron chi connectivity index (χ1n) is 8.54. The molecule has 0 aliphatic heterocycles. The van der Waals surface area contributed by atoms with Gasteiger partial charge in [0, 0.05) is 18.5 Å². The molecule has 1 amide bonds. The van der Waals surface area contributed by atoms with Crippen LogP contribution >= 0.6 is 0 Å². The first kappa shape index (κ1) is 20.5. The number of ether oxygens (including phenoxy) is 1. The zero-order chi connectivity index (χ0) is 19.5. The second kappa shape index (κ2) is 10.4. The molecule has 27 heavy (non-hydrogen) atoms. The Morgan fingerprint density at radius 1 is 1.07 bits per heavy atom. The Bertz CT molecular complexity index is 898. The number of sulfonamides is 1. The molecule has 2 N–H and O–H groups in total. The highest BCUT2D eigenvalue weighted by Gasteiger charge is 2.14. The van der Waals surface area contributed by atoms with E-state index in [2.05, 4.69) is 21.9 Å². The summed E-state index contributed by atoms with van der Waals surface area (Å²) in [6, 6.07) is 15.6. The molecule has 142 valence electrons. The third-order valence-corrected chi connectivity index (χ3v) is 4.95. The smallest absolute Gasteiger partial charge is 0.240 e. The molecule has 0 aliphatic carbocycles. The summed E-state index contributed by atoms with van der Waals surface area (Å²) >= 11 is 0. The molecule has 0 radical (unpaired) electrons. The van der Waals surface area contributed by atoms with Gasteiger partial charge in [-0.25, -0.2) is 13.1 Å². The molecule has 0 spiro atoms. The molecule has 0 fully saturated rings. The van der Waals surface area contributed by atoms with Crippen LogP contribution in [0.5, 0.6) is 5.75 Å². The molecule has 0 aromatic heterocycles. The third-order valence-electron chi connectivity index (χ3n) is 3.47. The van der Waals surface area contributed by atoms with Crippen molar-refractivity contribution in [1.29, 1.82) is 0 Å². The molecular formula is C20H22N2O4S. The number of amides is 1. The number of benzene rings is 2. The fourth-order valence-electron chi connectivity index (χ4n) is 2.16. The Balaban J connectivity index is 1.74. The minimum atomic E-state index is -3.66. The van der Waals surface area contributed by atoms with E-state index in [1.165, 1.54) is 12.1 Å². The minimum Gasteiger partial charge on any atom is -0.494 e. The topological polar surface area (TPSA) is 84.5 Å². The van der Waals surface area contributed by atoms with Gasteiger partial charge in [0.05, 0.1) is 18.0 Å². The summed E-state index contributed by atoms with van der Waals surface area (Å²) in [6.07, 6.45) is 0.0310. The van der Waals surface area contributed by atoms with Gasteiger partial charge in [-0.1, -0.05) is 30.0 Å². The molecule has 0 saturated heterocycles. The van der Waals surface area contributed by atoms with Crippen molar-refractivity contribution in [2.24, 2.45) is 0 Å². The van der Waals surface area contributed by atoms with E-state index in [9.17, 15) is 13.2 Å². The highest BCUT2D eigenvalue weighted by molar-refractivity contribution is 7.89. The molecule has 0 unspecified atom stereocenters. The quantitative estimate of drug-likeness (QED) is 0.679. The Morgan fingerprint density at radius 2 is 1.78 bits per heavy atom. The van der Waals surface area contributed by atoms with E-state index in [0.717, 1.165) is 5.56 Å². The van der Waals surface area contributed by atoms with Gasteiger partial charge in [-0.3, -0.25) is 4.79 Å². The lowest BCUT2D eigenvalue weighted by Crippen LogP contribution is -2.31. The van der Waals surface area contributed by atoms with Crippen LogP contribution in [-0.2, 0) is 14.8 Å². The average Bonchev–Trinajstić information content (AvgIpc) is 2.67. The number of nitrogens with one attached hydrogen (secondary N) is 2. The zero-order valence-corrected chi connectivity index (χ0v) is 15.9. The van der Waals surface area contributed by atoms with Gasteiger partial charge in [0.25, 0.3) is 0 Å².